The van der Waals surface area contributed by atoms with E-state index in [2.05, 4.69) is 13.8 Å². The first-order valence-electron chi connectivity index (χ1n) is 7.16. The molecule has 3 heteroatoms. The Labute approximate surface area is 110 Å². The maximum atomic E-state index is 12.1. The number of hydrogen-bond acceptors (Lipinski definition) is 3. The van der Waals surface area contributed by atoms with E-state index in [-0.39, 0.29) is 6.29 Å². The zero-order valence-electron chi connectivity index (χ0n) is 11.7. The predicted molar refractivity (Wildman–Crippen MR) is 69.9 cm³/mol. The van der Waals surface area contributed by atoms with E-state index in [4.69, 9.17) is 9.47 Å². The van der Waals surface area contributed by atoms with Crippen LogP contribution in [0.1, 0.15) is 52.9 Å². The molecule has 1 aliphatic carbocycles. The van der Waals surface area contributed by atoms with Crippen molar-refractivity contribution in [1.29, 1.82) is 0 Å². The maximum Gasteiger partial charge on any atom is 0.199 e. The molecule has 102 valence electrons. The molecule has 0 radical (unpaired) electrons. The summed E-state index contributed by atoms with van der Waals surface area (Å²) in [6.07, 6.45) is 4.25. The molecule has 0 bridgehead atoms. The van der Waals surface area contributed by atoms with Gasteiger partial charge in [-0.2, -0.15) is 0 Å². The van der Waals surface area contributed by atoms with Crippen LogP contribution in [0.3, 0.4) is 0 Å². The number of ether oxygens (including phenoxy) is 2. The van der Waals surface area contributed by atoms with Crippen LogP contribution >= 0.6 is 0 Å². The summed E-state index contributed by atoms with van der Waals surface area (Å²) in [6.45, 7) is 7.06. The fourth-order valence-electron chi connectivity index (χ4n) is 3.04. The van der Waals surface area contributed by atoms with Gasteiger partial charge < -0.3 is 9.47 Å². The second kappa shape index (κ2) is 5.87. The number of hydrogen-bond donors (Lipinski definition) is 0. The number of carbonyl (C=O) groups excluding carboxylic acids is 1. The van der Waals surface area contributed by atoms with Gasteiger partial charge in [0.25, 0.3) is 0 Å². The van der Waals surface area contributed by atoms with Gasteiger partial charge in [0.05, 0.1) is 0 Å². The summed E-state index contributed by atoms with van der Waals surface area (Å²) in [5, 5.41) is 0. The molecule has 1 aliphatic heterocycles. The van der Waals surface area contributed by atoms with E-state index < -0.39 is 0 Å². The van der Waals surface area contributed by atoms with Gasteiger partial charge in [0.15, 0.2) is 12.1 Å². The topological polar surface area (TPSA) is 35.5 Å². The molecule has 0 aromatic rings. The minimum Gasteiger partial charge on any atom is -0.469 e. The van der Waals surface area contributed by atoms with Crippen LogP contribution in [0.25, 0.3) is 0 Å². The molecule has 3 nitrogen and oxygen atoms in total. The van der Waals surface area contributed by atoms with Crippen molar-refractivity contribution >= 4 is 5.78 Å². The lowest BCUT2D eigenvalue weighted by molar-refractivity contribution is -0.142. The third-order valence-corrected chi connectivity index (χ3v) is 3.68. The molecule has 0 aromatic carbocycles. The second-order valence-corrected chi connectivity index (χ2v) is 5.68. The average Bonchev–Trinajstić information content (AvgIpc) is 2.28. The van der Waals surface area contributed by atoms with Gasteiger partial charge >= 0.3 is 0 Å². The molecule has 18 heavy (non-hydrogen) atoms. The summed E-state index contributed by atoms with van der Waals surface area (Å²) in [6, 6.07) is 0. The van der Waals surface area contributed by atoms with E-state index in [1.54, 1.807) is 0 Å². The SMILES string of the molecule is CCOC1CC(CC(C)C)C2=C(CCCC2=O)O1. The molecule has 0 N–H and O–H groups in total. The van der Waals surface area contributed by atoms with Gasteiger partial charge in [-0.1, -0.05) is 13.8 Å². The molecule has 0 spiro atoms. The summed E-state index contributed by atoms with van der Waals surface area (Å²) >= 11 is 0. The third kappa shape index (κ3) is 2.94. The van der Waals surface area contributed by atoms with Gasteiger partial charge in [-0.05, 0) is 31.6 Å². The van der Waals surface area contributed by atoms with Crippen molar-refractivity contribution in [1.82, 2.24) is 0 Å². The third-order valence-electron chi connectivity index (χ3n) is 3.68. The first-order chi connectivity index (χ1) is 8.61. The number of allylic oxidation sites excluding steroid dienone is 2. The molecule has 2 unspecified atom stereocenters. The second-order valence-electron chi connectivity index (χ2n) is 5.68. The molecular weight excluding hydrogens is 228 g/mol. The van der Waals surface area contributed by atoms with Crippen molar-refractivity contribution < 1.29 is 14.3 Å². The van der Waals surface area contributed by atoms with E-state index in [9.17, 15) is 4.79 Å². The van der Waals surface area contributed by atoms with E-state index >= 15 is 0 Å². The summed E-state index contributed by atoms with van der Waals surface area (Å²) in [5.74, 6) is 2.15. The Morgan fingerprint density at radius 2 is 2.17 bits per heavy atom. The van der Waals surface area contributed by atoms with Crippen molar-refractivity contribution in [3.8, 4) is 0 Å². The number of carbonyl (C=O) groups is 1. The lowest BCUT2D eigenvalue weighted by Gasteiger charge is -2.36. The molecule has 1 heterocycles. The Balaban J connectivity index is 2.20. The lowest BCUT2D eigenvalue weighted by atomic mass is 9.79. The highest BCUT2D eigenvalue weighted by molar-refractivity contribution is 5.97. The molecule has 2 aliphatic rings. The summed E-state index contributed by atoms with van der Waals surface area (Å²) in [5.41, 5.74) is 0.978. The highest BCUT2D eigenvalue weighted by atomic mass is 16.7. The van der Waals surface area contributed by atoms with Gasteiger partial charge in [-0.15, -0.1) is 0 Å². The molecule has 0 amide bonds. The van der Waals surface area contributed by atoms with Crippen molar-refractivity contribution in [2.45, 2.75) is 59.2 Å². The van der Waals surface area contributed by atoms with Gasteiger partial charge in [-0.25, -0.2) is 0 Å². The zero-order chi connectivity index (χ0) is 13.1. The van der Waals surface area contributed by atoms with Crippen LogP contribution in [0.2, 0.25) is 0 Å². The van der Waals surface area contributed by atoms with Gasteiger partial charge in [0.2, 0.25) is 0 Å². The normalized spacial score (nSPS) is 28.3. The molecule has 2 atom stereocenters. The molecular formula is C15H24O3. The van der Waals surface area contributed by atoms with E-state index in [1.807, 2.05) is 6.92 Å². The first kappa shape index (κ1) is 13.6. The Bertz CT molecular complexity index is 344. The lowest BCUT2D eigenvalue weighted by Crippen LogP contribution is -2.33. The van der Waals surface area contributed by atoms with E-state index in [0.717, 1.165) is 37.0 Å². The fourth-order valence-corrected chi connectivity index (χ4v) is 3.04. The largest absolute Gasteiger partial charge is 0.469 e. The summed E-state index contributed by atoms with van der Waals surface area (Å²) in [4.78, 5) is 12.1. The van der Waals surface area contributed by atoms with Crippen molar-refractivity contribution in [3.63, 3.8) is 0 Å². The Morgan fingerprint density at radius 3 is 2.83 bits per heavy atom. The Morgan fingerprint density at radius 1 is 1.39 bits per heavy atom. The maximum absolute atomic E-state index is 12.1. The quantitative estimate of drug-likeness (QED) is 0.769. The van der Waals surface area contributed by atoms with Crippen LogP contribution < -0.4 is 0 Å². The van der Waals surface area contributed by atoms with Crippen LogP contribution in [0, 0.1) is 11.8 Å². The predicted octanol–water partition coefficient (Wildman–Crippen LogP) is 3.44. The van der Waals surface area contributed by atoms with Crippen LogP contribution in [0.5, 0.6) is 0 Å². The van der Waals surface area contributed by atoms with Gasteiger partial charge in [0.1, 0.15) is 5.76 Å². The fraction of sp³-hybridized carbons (Fsp3) is 0.800. The molecule has 2 rings (SSSR count). The van der Waals surface area contributed by atoms with E-state index in [1.165, 1.54) is 0 Å². The molecule has 0 saturated carbocycles. The van der Waals surface area contributed by atoms with Crippen molar-refractivity contribution in [2.24, 2.45) is 11.8 Å². The standard InChI is InChI=1S/C15H24O3/c1-4-17-14-9-11(8-10(2)3)15-12(16)6-5-7-13(15)18-14/h10-11,14H,4-9H2,1-3H3. The Hall–Kier alpha value is -0.830. The number of Topliss-reactive ketones (excluding diaryl/α,β-unsaturated/α-hetero) is 1. The van der Waals surface area contributed by atoms with Crippen LogP contribution in [-0.2, 0) is 14.3 Å². The first-order valence-corrected chi connectivity index (χ1v) is 7.16. The van der Waals surface area contributed by atoms with Crippen molar-refractivity contribution in [2.75, 3.05) is 6.61 Å². The highest BCUT2D eigenvalue weighted by Crippen LogP contribution is 2.39. The Kier molecular flexibility index (Phi) is 4.44. The molecule has 0 aromatic heterocycles. The number of rotatable bonds is 4. The van der Waals surface area contributed by atoms with Gasteiger partial charge in [0, 0.05) is 31.4 Å². The van der Waals surface area contributed by atoms with Crippen LogP contribution in [-0.4, -0.2) is 18.7 Å². The smallest absolute Gasteiger partial charge is 0.199 e. The number of ketones is 1. The van der Waals surface area contributed by atoms with Crippen molar-refractivity contribution in [3.05, 3.63) is 11.3 Å². The average molecular weight is 252 g/mol. The summed E-state index contributed by atoms with van der Waals surface area (Å²) in [7, 11) is 0. The van der Waals surface area contributed by atoms with Crippen LogP contribution in [0.15, 0.2) is 11.3 Å². The zero-order valence-corrected chi connectivity index (χ0v) is 11.7. The minimum atomic E-state index is -0.150. The van der Waals surface area contributed by atoms with E-state index in [0.29, 0.717) is 30.6 Å². The van der Waals surface area contributed by atoms with Gasteiger partial charge in [-0.3, -0.25) is 4.79 Å². The van der Waals surface area contributed by atoms with Crippen LogP contribution in [0.4, 0.5) is 0 Å². The minimum absolute atomic E-state index is 0.150. The summed E-state index contributed by atoms with van der Waals surface area (Å²) < 4.78 is 11.5. The highest BCUT2D eigenvalue weighted by Gasteiger charge is 2.36. The molecule has 0 saturated heterocycles. The molecule has 0 fully saturated rings. The monoisotopic (exact) mass is 252 g/mol.